The second-order valence-electron chi connectivity index (χ2n) is 6.04. The van der Waals surface area contributed by atoms with Gasteiger partial charge in [-0.05, 0) is 42.7 Å². The van der Waals surface area contributed by atoms with Crippen molar-refractivity contribution in [2.24, 2.45) is 0 Å². The first-order chi connectivity index (χ1) is 10.7. The van der Waals surface area contributed by atoms with Crippen LogP contribution in [0.25, 0.3) is 0 Å². The summed E-state index contributed by atoms with van der Waals surface area (Å²) in [5.41, 5.74) is 2.75. The molecule has 3 rings (SSSR count). The maximum Gasteiger partial charge on any atom is 0.0560 e. The van der Waals surface area contributed by atoms with Crippen molar-refractivity contribution in [2.45, 2.75) is 18.3 Å². The van der Waals surface area contributed by atoms with Crippen molar-refractivity contribution in [3.05, 3.63) is 65.2 Å². The number of rotatable bonds is 4. The van der Waals surface area contributed by atoms with Gasteiger partial charge in [-0.15, -0.1) is 0 Å². The highest BCUT2D eigenvalue weighted by Crippen LogP contribution is 2.37. The fourth-order valence-electron chi connectivity index (χ4n) is 3.43. The Kier molecular flexibility index (Phi) is 4.70. The van der Waals surface area contributed by atoms with Crippen LogP contribution in [0.15, 0.2) is 54.6 Å². The molecule has 1 aliphatic heterocycles. The molecule has 0 aromatic heterocycles. The summed E-state index contributed by atoms with van der Waals surface area (Å²) < 4.78 is 5.56. The Balaban J connectivity index is 1.79. The molecule has 3 heteroatoms. The van der Waals surface area contributed by atoms with Crippen molar-refractivity contribution in [2.75, 3.05) is 31.7 Å². The Bertz CT molecular complexity index is 589. The number of anilines is 1. The van der Waals surface area contributed by atoms with E-state index in [0.29, 0.717) is 0 Å². The summed E-state index contributed by atoms with van der Waals surface area (Å²) in [6.45, 7) is 2.86. The zero-order valence-corrected chi connectivity index (χ0v) is 13.7. The number of halogens is 1. The van der Waals surface area contributed by atoms with Crippen LogP contribution in [0, 0.1) is 0 Å². The van der Waals surface area contributed by atoms with Crippen LogP contribution in [0.1, 0.15) is 18.4 Å². The summed E-state index contributed by atoms with van der Waals surface area (Å²) in [5.74, 6) is 0. The minimum atomic E-state index is 0.102. The molecule has 1 saturated heterocycles. The monoisotopic (exact) mass is 315 g/mol. The van der Waals surface area contributed by atoms with Crippen molar-refractivity contribution in [1.29, 1.82) is 0 Å². The molecule has 116 valence electrons. The molecule has 0 atom stereocenters. The first-order valence-electron chi connectivity index (χ1n) is 7.78. The van der Waals surface area contributed by atoms with Crippen LogP contribution in [0.5, 0.6) is 0 Å². The zero-order chi connectivity index (χ0) is 15.4. The van der Waals surface area contributed by atoms with Crippen molar-refractivity contribution >= 4 is 17.3 Å². The summed E-state index contributed by atoms with van der Waals surface area (Å²) >= 11 is 6.04. The van der Waals surface area contributed by atoms with Crippen molar-refractivity contribution in [1.82, 2.24) is 0 Å². The third kappa shape index (κ3) is 3.13. The topological polar surface area (TPSA) is 12.5 Å². The minimum Gasteiger partial charge on any atom is -0.384 e. The van der Waals surface area contributed by atoms with E-state index in [1.54, 1.807) is 7.11 Å². The molecule has 22 heavy (non-hydrogen) atoms. The van der Waals surface area contributed by atoms with Crippen molar-refractivity contribution in [3.8, 4) is 0 Å². The molecule has 0 unspecified atom stereocenters. The zero-order valence-electron chi connectivity index (χ0n) is 13.0. The Morgan fingerprint density at radius 2 is 1.64 bits per heavy atom. The van der Waals surface area contributed by atoms with Gasteiger partial charge in [-0.1, -0.05) is 41.9 Å². The number of benzene rings is 2. The summed E-state index contributed by atoms with van der Waals surface area (Å²) in [4.78, 5) is 2.46. The third-order valence-corrected chi connectivity index (χ3v) is 4.97. The number of piperidine rings is 1. The van der Waals surface area contributed by atoms with E-state index in [-0.39, 0.29) is 5.41 Å². The number of para-hydroxylation sites is 1. The first-order valence-corrected chi connectivity index (χ1v) is 8.16. The van der Waals surface area contributed by atoms with Gasteiger partial charge in [0.05, 0.1) is 6.61 Å². The normalized spacial score (nSPS) is 17.5. The second-order valence-corrected chi connectivity index (χ2v) is 6.48. The first kappa shape index (κ1) is 15.4. The van der Waals surface area contributed by atoms with Crippen molar-refractivity contribution in [3.63, 3.8) is 0 Å². The predicted molar refractivity (Wildman–Crippen MR) is 92.9 cm³/mol. The van der Waals surface area contributed by atoms with E-state index in [1.807, 2.05) is 12.1 Å². The molecule has 2 aromatic carbocycles. The minimum absolute atomic E-state index is 0.102. The van der Waals surface area contributed by atoms with Gasteiger partial charge in [0.1, 0.15) is 0 Å². The molecule has 1 heterocycles. The van der Waals surface area contributed by atoms with Gasteiger partial charge < -0.3 is 9.64 Å². The van der Waals surface area contributed by atoms with Gasteiger partial charge in [0.25, 0.3) is 0 Å². The summed E-state index contributed by atoms with van der Waals surface area (Å²) in [6, 6.07) is 18.9. The van der Waals surface area contributed by atoms with Crippen LogP contribution in [0.3, 0.4) is 0 Å². The van der Waals surface area contributed by atoms with E-state index in [0.717, 1.165) is 37.6 Å². The molecule has 1 aliphatic rings. The molecule has 1 fully saturated rings. The van der Waals surface area contributed by atoms with Gasteiger partial charge in [-0.3, -0.25) is 0 Å². The highest BCUT2D eigenvalue weighted by Gasteiger charge is 2.36. The fraction of sp³-hybridized carbons (Fsp3) is 0.368. The summed E-state index contributed by atoms with van der Waals surface area (Å²) in [7, 11) is 1.79. The Hall–Kier alpha value is -1.51. The molecular weight excluding hydrogens is 294 g/mol. The number of nitrogens with zero attached hydrogens (tertiary/aromatic N) is 1. The number of methoxy groups -OCH3 is 1. The van der Waals surface area contributed by atoms with Gasteiger partial charge in [0.15, 0.2) is 0 Å². The maximum absolute atomic E-state index is 6.04. The lowest BCUT2D eigenvalue weighted by atomic mass is 9.73. The molecule has 0 bridgehead atoms. The van der Waals surface area contributed by atoms with Crippen LogP contribution in [0.4, 0.5) is 5.69 Å². The maximum atomic E-state index is 6.04. The largest absolute Gasteiger partial charge is 0.384 e. The quantitative estimate of drug-likeness (QED) is 0.822. The molecule has 2 nitrogen and oxygen atoms in total. The van der Waals surface area contributed by atoms with Gasteiger partial charge in [-0.25, -0.2) is 0 Å². The van der Waals surface area contributed by atoms with E-state index < -0.39 is 0 Å². The van der Waals surface area contributed by atoms with Crippen LogP contribution in [-0.2, 0) is 10.2 Å². The molecule has 0 amide bonds. The van der Waals surface area contributed by atoms with Crippen LogP contribution < -0.4 is 4.90 Å². The molecule has 0 saturated carbocycles. The molecule has 0 aliphatic carbocycles. The average Bonchev–Trinajstić information content (AvgIpc) is 2.57. The number of hydrogen-bond donors (Lipinski definition) is 0. The van der Waals surface area contributed by atoms with Crippen LogP contribution >= 0.6 is 11.6 Å². The van der Waals surface area contributed by atoms with E-state index in [2.05, 4.69) is 47.4 Å². The van der Waals surface area contributed by atoms with Crippen LogP contribution in [0.2, 0.25) is 5.02 Å². The molecular formula is C19H22ClNO. The predicted octanol–water partition coefficient (Wildman–Crippen LogP) is 4.52. The lowest BCUT2D eigenvalue weighted by molar-refractivity contribution is 0.112. The highest BCUT2D eigenvalue weighted by molar-refractivity contribution is 6.30. The Labute approximate surface area is 137 Å². The second kappa shape index (κ2) is 6.72. The Morgan fingerprint density at radius 3 is 2.23 bits per heavy atom. The van der Waals surface area contributed by atoms with Crippen molar-refractivity contribution < 1.29 is 4.74 Å². The van der Waals surface area contributed by atoms with E-state index >= 15 is 0 Å². The lowest BCUT2D eigenvalue weighted by Gasteiger charge is -2.42. The molecule has 0 N–H and O–H groups in total. The van der Waals surface area contributed by atoms with E-state index in [4.69, 9.17) is 16.3 Å². The third-order valence-electron chi connectivity index (χ3n) is 4.72. The highest BCUT2D eigenvalue weighted by atomic mass is 35.5. The van der Waals surface area contributed by atoms with Gasteiger partial charge in [-0.2, -0.15) is 0 Å². The fourth-order valence-corrected chi connectivity index (χ4v) is 3.55. The molecule has 0 radical (unpaired) electrons. The smallest absolute Gasteiger partial charge is 0.0560 e. The Morgan fingerprint density at radius 1 is 1.00 bits per heavy atom. The van der Waals surface area contributed by atoms with E-state index in [1.165, 1.54) is 11.3 Å². The molecule has 0 spiro atoms. The summed E-state index contributed by atoms with van der Waals surface area (Å²) in [6.07, 6.45) is 2.19. The van der Waals surface area contributed by atoms with Gasteiger partial charge >= 0.3 is 0 Å². The van der Waals surface area contributed by atoms with Gasteiger partial charge in [0.2, 0.25) is 0 Å². The SMILES string of the molecule is COCC1(c2ccc(Cl)cc2)CCN(c2ccccc2)CC1. The lowest BCUT2D eigenvalue weighted by Crippen LogP contribution is -2.45. The van der Waals surface area contributed by atoms with Gasteiger partial charge in [0, 0.05) is 36.3 Å². The average molecular weight is 316 g/mol. The summed E-state index contributed by atoms with van der Waals surface area (Å²) in [5, 5.41) is 0.790. The van der Waals surface area contributed by atoms with Crippen LogP contribution in [-0.4, -0.2) is 26.8 Å². The number of ether oxygens (including phenoxy) is 1. The van der Waals surface area contributed by atoms with E-state index in [9.17, 15) is 0 Å². The molecule has 2 aromatic rings. The number of hydrogen-bond acceptors (Lipinski definition) is 2. The standard InChI is InChI=1S/C19H22ClNO/c1-22-15-19(16-7-9-17(20)10-8-16)11-13-21(14-12-19)18-5-3-2-4-6-18/h2-10H,11-15H2,1H3.